The van der Waals surface area contributed by atoms with Crippen molar-refractivity contribution in [2.45, 2.75) is 30.7 Å². The minimum atomic E-state index is -1.43. The first-order chi connectivity index (χ1) is 11.9. The third-order valence-corrected chi connectivity index (χ3v) is 5.17. The number of rotatable bonds is 3. The topological polar surface area (TPSA) is 82.8 Å². The van der Waals surface area contributed by atoms with Crippen LogP contribution in [0.2, 0.25) is 0 Å². The molecule has 1 saturated heterocycles. The first kappa shape index (κ1) is 18.1. The Morgan fingerprint density at radius 3 is 2.56 bits per heavy atom. The van der Waals surface area contributed by atoms with Gasteiger partial charge in [-0.1, -0.05) is 6.07 Å². The van der Waals surface area contributed by atoms with Crippen LogP contribution < -0.4 is 4.74 Å². The van der Waals surface area contributed by atoms with Crippen LogP contribution in [-0.2, 0) is 0 Å². The summed E-state index contributed by atoms with van der Waals surface area (Å²) in [6.45, 7) is 1.81. The molecule has 1 aromatic heterocycles. The Kier molecular flexibility index (Phi) is 5.24. The van der Waals surface area contributed by atoms with Gasteiger partial charge in [0.05, 0.1) is 6.10 Å². The molecule has 0 aliphatic carbocycles. The lowest BCUT2D eigenvalue weighted by Gasteiger charge is -2.34. The highest BCUT2D eigenvalue weighted by atomic mass is 32.2. The molecule has 2 heterocycles. The van der Waals surface area contributed by atoms with Crippen LogP contribution in [0, 0.1) is 18.6 Å². The number of ether oxygens (including phenoxy) is 1. The van der Waals surface area contributed by atoms with E-state index in [9.17, 15) is 24.1 Å². The molecule has 1 aliphatic heterocycles. The van der Waals surface area contributed by atoms with Crippen LogP contribution in [0.25, 0.3) is 11.1 Å². The Balaban J connectivity index is 1.89. The smallest absolute Gasteiger partial charge is 0.200 e. The normalized spacial score (nSPS) is 26.5. The van der Waals surface area contributed by atoms with Crippen molar-refractivity contribution in [3.05, 3.63) is 47.8 Å². The fraction of sp³-hybridized carbons (Fsp3) is 0.353. The molecule has 3 N–H and O–H groups in total. The first-order valence-electron chi connectivity index (χ1n) is 7.61. The largest absolute Gasteiger partial charge is 0.474 e. The molecule has 0 saturated carbocycles. The summed E-state index contributed by atoms with van der Waals surface area (Å²) in [7, 11) is 0. The number of aliphatic hydroxyl groups is 3. The summed E-state index contributed by atoms with van der Waals surface area (Å²) in [5.74, 6) is -2.55. The van der Waals surface area contributed by atoms with Gasteiger partial charge in [-0.05, 0) is 30.7 Å². The van der Waals surface area contributed by atoms with Crippen molar-refractivity contribution in [3.8, 4) is 16.9 Å². The van der Waals surface area contributed by atoms with Crippen LogP contribution in [0.15, 0.2) is 30.5 Å². The third kappa shape index (κ3) is 3.77. The third-order valence-electron chi connectivity index (χ3n) is 3.94. The van der Waals surface area contributed by atoms with E-state index in [0.717, 1.165) is 23.5 Å². The monoisotopic (exact) mass is 369 g/mol. The number of nitrogens with zero attached hydrogens (tertiary/aromatic N) is 1. The molecule has 3 rings (SSSR count). The Bertz CT molecular complexity index is 759. The Labute approximate surface area is 147 Å². The second-order valence-corrected chi connectivity index (χ2v) is 6.96. The van der Waals surface area contributed by atoms with Crippen molar-refractivity contribution in [3.63, 3.8) is 0 Å². The zero-order chi connectivity index (χ0) is 18.1. The SMILES string of the molecule is Cc1ccc(-c2cc(F)c(F)c(O[C@@H]3SC[C@@H](O)[C@H](O)[C@H]3O)c2)cn1. The van der Waals surface area contributed by atoms with E-state index in [0.29, 0.717) is 11.1 Å². The van der Waals surface area contributed by atoms with Gasteiger partial charge in [0.15, 0.2) is 17.0 Å². The fourth-order valence-corrected chi connectivity index (χ4v) is 3.58. The lowest BCUT2D eigenvalue weighted by molar-refractivity contribution is -0.0790. The molecule has 0 spiro atoms. The minimum absolute atomic E-state index is 0.106. The van der Waals surface area contributed by atoms with Gasteiger partial charge in [-0.3, -0.25) is 4.98 Å². The molecule has 1 aromatic carbocycles. The molecule has 8 heteroatoms. The average Bonchev–Trinajstić information content (AvgIpc) is 2.59. The zero-order valence-corrected chi connectivity index (χ0v) is 14.1. The van der Waals surface area contributed by atoms with E-state index < -0.39 is 35.4 Å². The number of aryl methyl sites for hydroxylation is 1. The maximum absolute atomic E-state index is 14.1. The second kappa shape index (κ2) is 7.25. The summed E-state index contributed by atoms with van der Waals surface area (Å²) in [4.78, 5) is 4.12. The highest BCUT2D eigenvalue weighted by Crippen LogP contribution is 2.33. The highest BCUT2D eigenvalue weighted by Gasteiger charge is 2.39. The van der Waals surface area contributed by atoms with E-state index in [1.165, 1.54) is 12.3 Å². The van der Waals surface area contributed by atoms with Crippen molar-refractivity contribution in [2.24, 2.45) is 0 Å². The number of hydrogen-bond acceptors (Lipinski definition) is 6. The first-order valence-corrected chi connectivity index (χ1v) is 8.66. The summed E-state index contributed by atoms with van der Waals surface area (Å²) in [5.41, 5.74) is 0.717. The molecule has 134 valence electrons. The van der Waals surface area contributed by atoms with E-state index >= 15 is 0 Å². The lowest BCUT2D eigenvalue weighted by Crippen LogP contribution is -2.50. The standard InChI is InChI=1S/C17H17F2NO4S/c1-8-2-3-9(6-20-8)10-4-11(18)14(19)13(5-10)24-17-16(23)15(22)12(21)7-25-17/h2-6,12,15-17,21-23H,7H2,1H3/t12-,15+,16-,17-/m1/s1. The van der Waals surface area contributed by atoms with Crippen molar-refractivity contribution >= 4 is 11.8 Å². The number of pyridine rings is 1. The molecular formula is C17H17F2NO4S. The van der Waals surface area contributed by atoms with Crippen molar-refractivity contribution < 1.29 is 28.8 Å². The predicted octanol–water partition coefficient (Wildman–Crippen LogP) is 1.87. The van der Waals surface area contributed by atoms with Gasteiger partial charge in [-0.25, -0.2) is 4.39 Å². The van der Waals surface area contributed by atoms with Gasteiger partial charge in [0.1, 0.15) is 12.2 Å². The van der Waals surface area contributed by atoms with Gasteiger partial charge in [0.2, 0.25) is 5.82 Å². The summed E-state index contributed by atoms with van der Waals surface area (Å²) < 4.78 is 33.4. The minimum Gasteiger partial charge on any atom is -0.474 e. The molecule has 0 unspecified atom stereocenters. The average molecular weight is 369 g/mol. The molecule has 5 nitrogen and oxygen atoms in total. The number of thioether (sulfide) groups is 1. The van der Waals surface area contributed by atoms with Gasteiger partial charge in [0.25, 0.3) is 0 Å². The number of aliphatic hydroxyl groups excluding tert-OH is 3. The van der Waals surface area contributed by atoms with E-state index in [1.54, 1.807) is 12.1 Å². The van der Waals surface area contributed by atoms with E-state index in [-0.39, 0.29) is 11.5 Å². The fourth-order valence-electron chi connectivity index (χ4n) is 2.46. The lowest BCUT2D eigenvalue weighted by atomic mass is 10.1. The maximum Gasteiger partial charge on any atom is 0.200 e. The van der Waals surface area contributed by atoms with E-state index in [4.69, 9.17) is 4.74 Å². The van der Waals surface area contributed by atoms with Gasteiger partial charge in [0, 0.05) is 23.2 Å². The highest BCUT2D eigenvalue weighted by molar-refractivity contribution is 7.99. The summed E-state index contributed by atoms with van der Waals surface area (Å²) in [6, 6.07) is 5.83. The molecule has 0 radical (unpaired) electrons. The quantitative estimate of drug-likeness (QED) is 0.766. The zero-order valence-electron chi connectivity index (χ0n) is 13.3. The number of aromatic nitrogens is 1. The van der Waals surface area contributed by atoms with Crippen LogP contribution in [0.1, 0.15) is 5.69 Å². The molecule has 0 bridgehead atoms. The molecular weight excluding hydrogens is 352 g/mol. The van der Waals surface area contributed by atoms with Gasteiger partial charge >= 0.3 is 0 Å². The number of halogens is 2. The summed E-state index contributed by atoms with van der Waals surface area (Å²) in [6.07, 6.45) is -2.41. The van der Waals surface area contributed by atoms with E-state index in [1.807, 2.05) is 6.92 Å². The maximum atomic E-state index is 14.1. The van der Waals surface area contributed by atoms with Crippen LogP contribution in [0.5, 0.6) is 5.75 Å². The Morgan fingerprint density at radius 2 is 1.88 bits per heavy atom. The van der Waals surface area contributed by atoms with Gasteiger partial charge in [-0.15, -0.1) is 11.8 Å². The van der Waals surface area contributed by atoms with Crippen LogP contribution >= 0.6 is 11.8 Å². The number of benzene rings is 1. The molecule has 2 aromatic rings. The van der Waals surface area contributed by atoms with Crippen molar-refractivity contribution in [1.82, 2.24) is 4.98 Å². The van der Waals surface area contributed by atoms with Gasteiger partial charge < -0.3 is 20.1 Å². The van der Waals surface area contributed by atoms with Crippen LogP contribution in [-0.4, -0.2) is 49.8 Å². The molecule has 1 aliphatic rings. The molecule has 1 fully saturated rings. The number of hydrogen-bond donors (Lipinski definition) is 3. The molecule has 25 heavy (non-hydrogen) atoms. The van der Waals surface area contributed by atoms with E-state index in [2.05, 4.69) is 4.98 Å². The Morgan fingerprint density at radius 1 is 1.12 bits per heavy atom. The van der Waals surface area contributed by atoms with Crippen LogP contribution in [0.4, 0.5) is 8.78 Å². The van der Waals surface area contributed by atoms with Crippen molar-refractivity contribution in [2.75, 3.05) is 5.75 Å². The second-order valence-electron chi connectivity index (χ2n) is 5.83. The molecule has 4 atom stereocenters. The van der Waals surface area contributed by atoms with Crippen LogP contribution in [0.3, 0.4) is 0 Å². The van der Waals surface area contributed by atoms with Crippen molar-refractivity contribution in [1.29, 1.82) is 0 Å². The predicted molar refractivity (Wildman–Crippen MR) is 89.2 cm³/mol. The summed E-state index contributed by atoms with van der Waals surface area (Å²) >= 11 is 1.01. The summed E-state index contributed by atoms with van der Waals surface area (Å²) in [5, 5.41) is 29.2. The molecule has 0 amide bonds. The van der Waals surface area contributed by atoms with Gasteiger partial charge in [-0.2, -0.15) is 4.39 Å². The Hall–Kier alpha value is -1.74.